The van der Waals surface area contributed by atoms with Crippen LogP contribution in [0.3, 0.4) is 0 Å². The Hall–Kier alpha value is -2.69. The van der Waals surface area contributed by atoms with Crippen LogP contribution in [0.5, 0.6) is 0 Å². The van der Waals surface area contributed by atoms with E-state index in [9.17, 15) is 14.9 Å². The standard InChI is InChI=1S/C23H21NO4/c25-22(13-6-9-16(10-7-13)24(26)27)28-23-15-8-5-14(11-15)21(23)19-12-20(23)18-4-2-1-3-17(18)19/h1-4,6-7,9-10,14-15,19-21H,5,8,11-12H2/t14-,15-,19-,20+,21-,23+/m1/s1. The second-order valence-electron chi connectivity index (χ2n) is 8.87. The molecule has 0 heterocycles. The van der Waals surface area contributed by atoms with E-state index < -0.39 is 4.92 Å². The number of esters is 1. The molecular formula is C23H21NO4. The second kappa shape index (κ2) is 5.43. The van der Waals surface area contributed by atoms with E-state index >= 15 is 0 Å². The highest BCUT2D eigenvalue weighted by molar-refractivity contribution is 5.90. The van der Waals surface area contributed by atoms with Crippen LogP contribution >= 0.6 is 0 Å². The Kier molecular flexibility index (Phi) is 3.16. The minimum atomic E-state index is -0.452. The van der Waals surface area contributed by atoms with Crippen LogP contribution in [0.25, 0.3) is 0 Å². The van der Waals surface area contributed by atoms with E-state index in [0.29, 0.717) is 29.2 Å². The highest BCUT2D eigenvalue weighted by Gasteiger charge is 2.72. The maximum absolute atomic E-state index is 13.1. The van der Waals surface area contributed by atoms with Crippen molar-refractivity contribution in [2.24, 2.45) is 17.8 Å². The second-order valence-corrected chi connectivity index (χ2v) is 8.87. The highest BCUT2D eigenvalue weighted by Crippen LogP contribution is 2.74. The topological polar surface area (TPSA) is 69.4 Å². The van der Waals surface area contributed by atoms with Crippen molar-refractivity contribution in [3.05, 3.63) is 75.3 Å². The van der Waals surface area contributed by atoms with Gasteiger partial charge >= 0.3 is 5.97 Å². The molecule has 0 N–H and O–H groups in total. The summed E-state index contributed by atoms with van der Waals surface area (Å²) < 4.78 is 6.43. The normalized spacial score (nSPS) is 36.2. The zero-order valence-corrected chi connectivity index (χ0v) is 15.4. The van der Waals surface area contributed by atoms with Crippen LogP contribution < -0.4 is 0 Å². The van der Waals surface area contributed by atoms with Crippen molar-refractivity contribution in [3.63, 3.8) is 0 Å². The number of hydrogen-bond donors (Lipinski definition) is 0. The molecule has 0 aromatic heterocycles. The third-order valence-corrected chi connectivity index (χ3v) is 7.96. The van der Waals surface area contributed by atoms with Gasteiger partial charge in [0, 0.05) is 29.9 Å². The first-order valence-electron chi connectivity index (χ1n) is 10.2. The van der Waals surface area contributed by atoms with E-state index in [0.717, 1.165) is 12.8 Å². The summed E-state index contributed by atoms with van der Waals surface area (Å²) in [6, 6.07) is 14.5. The van der Waals surface area contributed by atoms with E-state index in [2.05, 4.69) is 24.3 Å². The molecule has 5 nitrogen and oxygen atoms in total. The molecule has 4 aliphatic rings. The van der Waals surface area contributed by atoms with Gasteiger partial charge in [0.25, 0.3) is 5.69 Å². The summed E-state index contributed by atoms with van der Waals surface area (Å²) in [5.41, 5.74) is 2.83. The van der Waals surface area contributed by atoms with Gasteiger partial charge in [0.2, 0.25) is 0 Å². The number of fused-ring (bicyclic) bond motifs is 12. The third kappa shape index (κ3) is 1.89. The molecule has 0 amide bonds. The summed E-state index contributed by atoms with van der Waals surface area (Å²) in [7, 11) is 0. The van der Waals surface area contributed by atoms with Crippen molar-refractivity contribution in [2.75, 3.05) is 0 Å². The SMILES string of the molecule is O=C(O[C@]12[C@@H]3CC[C@H](C3)[C@@H]1[C@@H]1C[C@H]2c2ccccc21)c1ccc([N+](=O)[O-])cc1. The summed E-state index contributed by atoms with van der Waals surface area (Å²) in [5, 5.41) is 10.9. The van der Waals surface area contributed by atoms with E-state index in [1.165, 1.54) is 48.2 Å². The molecule has 2 aromatic carbocycles. The van der Waals surface area contributed by atoms with Crippen LogP contribution in [0.4, 0.5) is 5.69 Å². The fourth-order valence-corrected chi connectivity index (χ4v) is 7.16. The van der Waals surface area contributed by atoms with Crippen LogP contribution in [0, 0.1) is 27.9 Å². The number of carbonyl (C=O) groups is 1. The highest BCUT2D eigenvalue weighted by atomic mass is 16.6. The Morgan fingerprint density at radius 1 is 1.04 bits per heavy atom. The molecule has 28 heavy (non-hydrogen) atoms. The molecule has 0 saturated heterocycles. The zero-order chi connectivity index (χ0) is 19.0. The lowest BCUT2D eigenvalue weighted by Gasteiger charge is -2.46. The summed E-state index contributed by atoms with van der Waals surface area (Å²) in [6.07, 6.45) is 4.64. The maximum Gasteiger partial charge on any atom is 0.338 e. The van der Waals surface area contributed by atoms with Gasteiger partial charge in [0.15, 0.2) is 0 Å². The molecule has 2 aromatic rings. The first-order valence-corrected chi connectivity index (χ1v) is 10.2. The number of nitrogens with zero attached hydrogens (tertiary/aromatic N) is 1. The Morgan fingerprint density at radius 2 is 1.79 bits per heavy atom. The molecule has 0 unspecified atom stereocenters. The minimum absolute atomic E-state index is 0.0126. The van der Waals surface area contributed by atoms with Gasteiger partial charge in [-0.15, -0.1) is 0 Å². The quantitative estimate of drug-likeness (QED) is 0.334. The van der Waals surface area contributed by atoms with Crippen molar-refractivity contribution in [2.45, 2.75) is 43.1 Å². The van der Waals surface area contributed by atoms with Gasteiger partial charge in [0.05, 0.1) is 10.5 Å². The summed E-state index contributed by atoms with van der Waals surface area (Å²) >= 11 is 0. The lowest BCUT2D eigenvalue weighted by atomic mass is 9.65. The van der Waals surface area contributed by atoms with Crippen LogP contribution in [-0.2, 0) is 4.74 Å². The number of benzene rings is 2. The molecule has 0 radical (unpaired) electrons. The Balaban J connectivity index is 1.38. The van der Waals surface area contributed by atoms with E-state index in [1.54, 1.807) is 0 Å². The first-order chi connectivity index (χ1) is 13.6. The van der Waals surface area contributed by atoms with Crippen molar-refractivity contribution < 1.29 is 14.5 Å². The fraction of sp³-hybridized carbons (Fsp3) is 0.435. The number of rotatable bonds is 3. The number of non-ortho nitro benzene ring substituents is 1. The molecule has 142 valence electrons. The lowest BCUT2D eigenvalue weighted by Crippen LogP contribution is -2.50. The molecular weight excluding hydrogens is 354 g/mol. The maximum atomic E-state index is 13.1. The molecule has 3 fully saturated rings. The average molecular weight is 375 g/mol. The molecule has 3 saturated carbocycles. The van der Waals surface area contributed by atoms with Crippen LogP contribution in [-0.4, -0.2) is 16.5 Å². The van der Waals surface area contributed by atoms with Gasteiger partial charge in [-0.2, -0.15) is 0 Å². The van der Waals surface area contributed by atoms with Crippen LogP contribution in [0.2, 0.25) is 0 Å². The average Bonchev–Trinajstić information content (AvgIpc) is 3.46. The molecule has 5 heteroatoms. The lowest BCUT2D eigenvalue weighted by molar-refractivity contribution is -0.384. The van der Waals surface area contributed by atoms with Gasteiger partial charge in [0.1, 0.15) is 5.60 Å². The summed E-state index contributed by atoms with van der Waals surface area (Å²) in [4.78, 5) is 23.5. The first kappa shape index (κ1) is 16.3. The monoisotopic (exact) mass is 375 g/mol. The van der Waals surface area contributed by atoms with Crippen LogP contribution in [0.15, 0.2) is 48.5 Å². The minimum Gasteiger partial charge on any atom is -0.454 e. The number of carbonyl (C=O) groups excluding carboxylic acids is 1. The Labute approximate surface area is 162 Å². The molecule has 0 aliphatic heterocycles. The smallest absolute Gasteiger partial charge is 0.338 e. The predicted molar refractivity (Wildman–Crippen MR) is 102 cm³/mol. The van der Waals surface area contributed by atoms with E-state index in [-0.39, 0.29) is 23.2 Å². The van der Waals surface area contributed by atoms with Gasteiger partial charge in [-0.25, -0.2) is 4.79 Å². The van der Waals surface area contributed by atoms with E-state index in [4.69, 9.17) is 4.74 Å². The van der Waals surface area contributed by atoms with Gasteiger partial charge in [-0.05, 0) is 60.8 Å². The number of nitro groups is 1. The molecule has 0 spiro atoms. The van der Waals surface area contributed by atoms with Crippen molar-refractivity contribution in [3.8, 4) is 0 Å². The fourth-order valence-electron chi connectivity index (χ4n) is 7.16. The molecule has 6 rings (SSSR count). The Morgan fingerprint density at radius 3 is 2.54 bits per heavy atom. The van der Waals surface area contributed by atoms with Gasteiger partial charge in [-0.3, -0.25) is 10.1 Å². The largest absolute Gasteiger partial charge is 0.454 e. The van der Waals surface area contributed by atoms with E-state index in [1.807, 2.05) is 0 Å². The van der Waals surface area contributed by atoms with Crippen molar-refractivity contribution in [1.29, 1.82) is 0 Å². The summed E-state index contributed by atoms with van der Waals surface area (Å²) in [6.45, 7) is 0. The third-order valence-electron chi connectivity index (χ3n) is 7.96. The number of ether oxygens (including phenoxy) is 1. The molecule has 4 aliphatic carbocycles. The molecule has 6 atom stereocenters. The van der Waals surface area contributed by atoms with Crippen molar-refractivity contribution in [1.82, 2.24) is 0 Å². The number of nitro benzene ring substituents is 1. The zero-order valence-electron chi connectivity index (χ0n) is 15.4. The van der Waals surface area contributed by atoms with Crippen molar-refractivity contribution >= 4 is 11.7 Å². The summed E-state index contributed by atoms with van der Waals surface area (Å²) in [5.74, 6) is 1.97. The predicted octanol–water partition coefficient (Wildman–Crippen LogP) is 4.82. The van der Waals surface area contributed by atoms with Gasteiger partial charge in [-0.1, -0.05) is 24.3 Å². The van der Waals surface area contributed by atoms with Gasteiger partial charge < -0.3 is 4.74 Å². The molecule has 4 bridgehead atoms. The number of hydrogen-bond acceptors (Lipinski definition) is 4. The van der Waals surface area contributed by atoms with Crippen LogP contribution in [0.1, 0.15) is 59.0 Å². The Bertz CT molecular complexity index is 1000.